The number of hydrogen-bond acceptors (Lipinski definition) is 5. The number of hydrogen-bond donors (Lipinski definition) is 2. The second kappa shape index (κ2) is 6.69. The highest BCUT2D eigenvalue weighted by molar-refractivity contribution is 5.89. The Bertz CT molecular complexity index is 629. The van der Waals surface area contributed by atoms with Crippen LogP contribution in [0.15, 0.2) is 36.5 Å². The lowest BCUT2D eigenvalue weighted by atomic mass is 10.0. The van der Waals surface area contributed by atoms with Crippen molar-refractivity contribution >= 4 is 17.7 Å². The number of carbonyl (C=O) groups is 1. The van der Waals surface area contributed by atoms with Crippen molar-refractivity contribution in [2.24, 2.45) is 0 Å². The second-order valence-corrected chi connectivity index (χ2v) is 4.78. The third-order valence-electron chi connectivity index (χ3n) is 2.99. The predicted octanol–water partition coefficient (Wildman–Crippen LogP) is 1.90. The van der Waals surface area contributed by atoms with Gasteiger partial charge < -0.3 is 15.3 Å². The van der Waals surface area contributed by atoms with E-state index in [1.165, 1.54) is 0 Å². The van der Waals surface area contributed by atoms with Gasteiger partial charge in [-0.15, -0.1) is 0 Å². The van der Waals surface area contributed by atoms with E-state index in [4.69, 9.17) is 5.11 Å². The molecule has 0 fully saturated rings. The summed E-state index contributed by atoms with van der Waals surface area (Å²) in [5, 5.41) is 12.3. The Hall–Kier alpha value is -2.63. The van der Waals surface area contributed by atoms with E-state index in [-0.39, 0.29) is 0 Å². The predicted molar refractivity (Wildman–Crippen MR) is 82.0 cm³/mol. The van der Waals surface area contributed by atoms with Gasteiger partial charge in [0.2, 0.25) is 5.95 Å². The van der Waals surface area contributed by atoms with Crippen LogP contribution in [0.3, 0.4) is 0 Å². The quantitative estimate of drug-likeness (QED) is 0.844. The molecule has 2 aromatic rings. The highest BCUT2D eigenvalue weighted by atomic mass is 16.4. The van der Waals surface area contributed by atoms with Gasteiger partial charge in [0.25, 0.3) is 0 Å². The SMILES string of the molecule is CN(C)c1nccc(NCCc2ccccc2C(=O)O)n1. The lowest BCUT2D eigenvalue weighted by Crippen LogP contribution is -2.14. The Labute approximate surface area is 123 Å². The molecule has 0 saturated carbocycles. The molecule has 2 N–H and O–H groups in total. The zero-order chi connectivity index (χ0) is 15.2. The van der Waals surface area contributed by atoms with E-state index >= 15 is 0 Å². The molecule has 0 unspecified atom stereocenters. The molecular weight excluding hydrogens is 268 g/mol. The molecule has 2 rings (SSSR count). The monoisotopic (exact) mass is 286 g/mol. The van der Waals surface area contributed by atoms with Crippen LogP contribution in [0, 0.1) is 0 Å². The van der Waals surface area contributed by atoms with Crippen LogP contribution >= 0.6 is 0 Å². The number of aromatic nitrogens is 2. The molecule has 1 aromatic carbocycles. The molecule has 6 nitrogen and oxygen atoms in total. The van der Waals surface area contributed by atoms with Crippen molar-refractivity contribution in [3.8, 4) is 0 Å². The lowest BCUT2D eigenvalue weighted by molar-refractivity contribution is 0.0695. The average Bonchev–Trinajstić information content (AvgIpc) is 2.48. The second-order valence-electron chi connectivity index (χ2n) is 4.78. The maximum atomic E-state index is 11.1. The highest BCUT2D eigenvalue weighted by Crippen LogP contribution is 2.11. The van der Waals surface area contributed by atoms with Crippen molar-refractivity contribution in [3.05, 3.63) is 47.7 Å². The molecule has 0 radical (unpaired) electrons. The standard InChI is InChI=1S/C15H18N4O2/c1-19(2)15-17-10-8-13(18-15)16-9-7-11-5-3-4-6-12(11)14(20)21/h3-6,8,10H,7,9H2,1-2H3,(H,20,21)(H,16,17,18). The molecule has 0 saturated heterocycles. The summed E-state index contributed by atoms with van der Waals surface area (Å²) >= 11 is 0. The summed E-state index contributed by atoms with van der Waals surface area (Å²) in [6, 6.07) is 8.81. The van der Waals surface area contributed by atoms with Gasteiger partial charge in [-0.2, -0.15) is 4.98 Å². The fraction of sp³-hybridized carbons (Fsp3) is 0.267. The molecule has 0 aliphatic carbocycles. The maximum absolute atomic E-state index is 11.1. The molecule has 21 heavy (non-hydrogen) atoms. The van der Waals surface area contributed by atoms with Gasteiger partial charge in [0.05, 0.1) is 5.56 Å². The van der Waals surface area contributed by atoms with E-state index in [0.717, 1.165) is 11.4 Å². The first-order valence-electron chi connectivity index (χ1n) is 6.63. The summed E-state index contributed by atoms with van der Waals surface area (Å²) in [4.78, 5) is 21.4. The zero-order valence-electron chi connectivity index (χ0n) is 12.1. The van der Waals surface area contributed by atoms with Crippen LogP contribution in [0.1, 0.15) is 15.9 Å². The van der Waals surface area contributed by atoms with Crippen LogP contribution in [0.2, 0.25) is 0 Å². The van der Waals surface area contributed by atoms with Crippen molar-refractivity contribution in [2.45, 2.75) is 6.42 Å². The third kappa shape index (κ3) is 3.92. The van der Waals surface area contributed by atoms with Crippen molar-refractivity contribution < 1.29 is 9.90 Å². The van der Waals surface area contributed by atoms with Crippen LogP contribution < -0.4 is 10.2 Å². The Kier molecular flexibility index (Phi) is 4.71. The molecule has 0 aliphatic heterocycles. The number of nitrogens with one attached hydrogen (secondary N) is 1. The summed E-state index contributed by atoms with van der Waals surface area (Å²) < 4.78 is 0. The summed E-state index contributed by atoms with van der Waals surface area (Å²) in [5.41, 5.74) is 1.15. The third-order valence-corrected chi connectivity index (χ3v) is 2.99. The van der Waals surface area contributed by atoms with Crippen LogP contribution in [0.25, 0.3) is 0 Å². The minimum Gasteiger partial charge on any atom is -0.478 e. The molecule has 6 heteroatoms. The van der Waals surface area contributed by atoms with E-state index < -0.39 is 5.97 Å². The van der Waals surface area contributed by atoms with E-state index in [9.17, 15) is 4.79 Å². The van der Waals surface area contributed by atoms with E-state index in [0.29, 0.717) is 24.5 Å². The molecule has 0 atom stereocenters. The van der Waals surface area contributed by atoms with Crippen molar-refractivity contribution in [1.82, 2.24) is 9.97 Å². The molecule has 0 amide bonds. The fourth-order valence-corrected chi connectivity index (χ4v) is 1.93. The van der Waals surface area contributed by atoms with Crippen LogP contribution in [-0.4, -0.2) is 41.7 Å². The average molecular weight is 286 g/mol. The smallest absolute Gasteiger partial charge is 0.335 e. The Morgan fingerprint density at radius 3 is 2.76 bits per heavy atom. The van der Waals surface area contributed by atoms with Crippen LogP contribution in [0.5, 0.6) is 0 Å². The van der Waals surface area contributed by atoms with Gasteiger partial charge in [0.15, 0.2) is 0 Å². The lowest BCUT2D eigenvalue weighted by Gasteiger charge is -2.12. The van der Waals surface area contributed by atoms with Gasteiger partial charge in [0, 0.05) is 26.8 Å². The van der Waals surface area contributed by atoms with Crippen molar-refractivity contribution in [1.29, 1.82) is 0 Å². The Balaban J connectivity index is 1.99. The minimum absolute atomic E-state index is 0.343. The summed E-state index contributed by atoms with van der Waals surface area (Å²) in [6.07, 6.45) is 2.31. The molecule has 0 bridgehead atoms. The number of carboxylic acid groups (broad SMARTS) is 1. The Morgan fingerprint density at radius 1 is 1.29 bits per heavy atom. The number of rotatable bonds is 6. The van der Waals surface area contributed by atoms with Gasteiger partial charge in [-0.25, -0.2) is 9.78 Å². The molecule has 1 aromatic heterocycles. The maximum Gasteiger partial charge on any atom is 0.335 e. The fourth-order valence-electron chi connectivity index (χ4n) is 1.93. The van der Waals surface area contributed by atoms with Gasteiger partial charge in [-0.3, -0.25) is 0 Å². The van der Waals surface area contributed by atoms with Crippen LogP contribution in [-0.2, 0) is 6.42 Å². The zero-order valence-corrected chi connectivity index (χ0v) is 12.1. The van der Waals surface area contributed by atoms with Gasteiger partial charge in [-0.05, 0) is 24.1 Å². The molecule has 0 aliphatic rings. The summed E-state index contributed by atoms with van der Waals surface area (Å²) in [7, 11) is 3.75. The number of nitrogens with zero attached hydrogens (tertiary/aromatic N) is 3. The summed E-state index contributed by atoms with van der Waals surface area (Å²) in [5.74, 6) is 0.454. The highest BCUT2D eigenvalue weighted by Gasteiger charge is 2.08. The van der Waals surface area contributed by atoms with Crippen molar-refractivity contribution in [2.75, 3.05) is 30.9 Å². The first-order chi connectivity index (χ1) is 10.1. The normalized spacial score (nSPS) is 10.2. The van der Waals surface area contributed by atoms with Gasteiger partial charge in [0.1, 0.15) is 5.82 Å². The first kappa shape index (κ1) is 14.8. The van der Waals surface area contributed by atoms with E-state index in [2.05, 4.69) is 15.3 Å². The molecule has 110 valence electrons. The number of anilines is 2. The molecule has 1 heterocycles. The van der Waals surface area contributed by atoms with Gasteiger partial charge in [-0.1, -0.05) is 18.2 Å². The number of aromatic carboxylic acids is 1. The van der Waals surface area contributed by atoms with E-state index in [1.54, 1.807) is 24.4 Å². The summed E-state index contributed by atoms with van der Waals surface area (Å²) in [6.45, 7) is 0.605. The first-order valence-corrected chi connectivity index (χ1v) is 6.63. The molecule has 0 spiro atoms. The number of benzene rings is 1. The topological polar surface area (TPSA) is 78.4 Å². The van der Waals surface area contributed by atoms with Crippen molar-refractivity contribution in [3.63, 3.8) is 0 Å². The molecular formula is C15H18N4O2. The largest absolute Gasteiger partial charge is 0.478 e. The number of carboxylic acids is 1. The van der Waals surface area contributed by atoms with Crippen LogP contribution in [0.4, 0.5) is 11.8 Å². The van der Waals surface area contributed by atoms with E-state index in [1.807, 2.05) is 31.1 Å². The van der Waals surface area contributed by atoms with Gasteiger partial charge >= 0.3 is 5.97 Å². The Morgan fingerprint density at radius 2 is 2.05 bits per heavy atom. The minimum atomic E-state index is -0.900.